The van der Waals surface area contributed by atoms with Crippen LogP contribution >= 0.6 is 0 Å². The molecule has 0 saturated carbocycles. The van der Waals surface area contributed by atoms with Gasteiger partial charge in [0.05, 0.1) is 27.8 Å². The molecule has 0 bridgehead atoms. The molecule has 296 valence electrons. The first-order valence-electron chi connectivity index (χ1n) is 21.4. The zero-order chi connectivity index (χ0) is 41.4. The fourth-order valence-electron chi connectivity index (χ4n) is 9.90. The van der Waals surface area contributed by atoms with E-state index in [-0.39, 0.29) is 12.0 Å². The van der Waals surface area contributed by atoms with Gasteiger partial charge in [0.1, 0.15) is 11.9 Å². The molecule has 3 aromatic heterocycles. The Hall–Kier alpha value is -8.35. The Balaban J connectivity index is 0.966. The van der Waals surface area contributed by atoms with Crippen LogP contribution in [0.1, 0.15) is 28.8 Å². The van der Waals surface area contributed by atoms with Gasteiger partial charge in [-0.1, -0.05) is 170 Å². The Kier molecular flexibility index (Phi) is 7.93. The third kappa shape index (κ3) is 5.62. The minimum Gasteiger partial charge on any atom is -0.484 e. The minimum atomic E-state index is -0.242. The molecule has 11 aromatic rings. The number of nitrogens with zero attached hydrogens (tertiary/aromatic N) is 5. The summed E-state index contributed by atoms with van der Waals surface area (Å²) < 4.78 is 11.8. The molecule has 0 fully saturated rings. The van der Waals surface area contributed by atoms with Gasteiger partial charge in [0.25, 0.3) is 0 Å². The van der Waals surface area contributed by atoms with Crippen LogP contribution in [0.25, 0.3) is 95.5 Å². The van der Waals surface area contributed by atoms with Crippen molar-refractivity contribution in [3.05, 3.63) is 223 Å². The predicted octanol–water partition coefficient (Wildman–Crippen LogP) is 13.8. The van der Waals surface area contributed by atoms with Crippen LogP contribution in [0.3, 0.4) is 0 Å². The van der Waals surface area contributed by atoms with E-state index in [1.807, 2.05) is 6.07 Å². The Morgan fingerprint density at radius 2 is 0.984 bits per heavy atom. The molecule has 13 rings (SSSR count). The zero-order valence-corrected chi connectivity index (χ0v) is 34.0. The van der Waals surface area contributed by atoms with Crippen molar-refractivity contribution < 1.29 is 4.74 Å². The molecule has 6 heteroatoms. The molecule has 2 atom stereocenters. The largest absolute Gasteiger partial charge is 0.484 e. The second-order valence-electron chi connectivity index (χ2n) is 16.3. The molecule has 0 N–H and O–H groups in total. The van der Waals surface area contributed by atoms with Gasteiger partial charge in [-0.25, -0.2) is 4.98 Å². The van der Waals surface area contributed by atoms with Crippen LogP contribution in [0, 0.1) is 0 Å². The third-order valence-electron chi connectivity index (χ3n) is 12.8. The zero-order valence-electron chi connectivity index (χ0n) is 34.0. The van der Waals surface area contributed by atoms with Crippen molar-refractivity contribution in [2.75, 3.05) is 0 Å². The van der Waals surface area contributed by atoms with Gasteiger partial charge in [-0.2, -0.15) is 9.97 Å². The van der Waals surface area contributed by atoms with Gasteiger partial charge in [-0.15, -0.1) is 0 Å². The van der Waals surface area contributed by atoms with Crippen LogP contribution in [0.2, 0.25) is 0 Å². The first kappa shape index (κ1) is 35.4. The van der Waals surface area contributed by atoms with Crippen molar-refractivity contribution in [1.29, 1.82) is 0 Å². The molecule has 4 heterocycles. The maximum atomic E-state index is 7.28. The molecular weight excluding hydrogens is 771 g/mol. The molecule has 0 radical (unpaired) electrons. The normalized spacial score (nSPS) is 15.0. The summed E-state index contributed by atoms with van der Waals surface area (Å²) in [6.45, 7) is 0. The van der Waals surface area contributed by atoms with E-state index in [1.54, 1.807) is 0 Å². The Bertz CT molecular complexity index is 3550. The molecule has 6 nitrogen and oxygen atoms in total. The van der Waals surface area contributed by atoms with E-state index < -0.39 is 0 Å². The van der Waals surface area contributed by atoms with Gasteiger partial charge in [0, 0.05) is 44.5 Å². The number of fused-ring (bicyclic) bond motifs is 10. The Labute approximate surface area is 363 Å². The first-order valence-corrected chi connectivity index (χ1v) is 21.4. The lowest BCUT2D eigenvalue weighted by molar-refractivity contribution is 0.225. The fourth-order valence-corrected chi connectivity index (χ4v) is 9.90. The number of hydrogen-bond donors (Lipinski definition) is 0. The standard InChI is InChI=1S/C57H37N5O/c1-3-15-36(16-4-1)38-29-31-39(32-30-38)55-58-56(60-57(59-55)62-48-26-10-7-21-42(48)43-22-8-11-27-49(43)62)47-25-14-24-44-45-33-34-51-52(54(45)63-53(44)47)46-23-9-12-28-50(46)61(51)41-20-13-19-40(35-41)37-17-5-2-6-18-37/h1-35,45,54H. The second kappa shape index (κ2) is 14.1. The molecule has 8 aromatic carbocycles. The van der Waals surface area contributed by atoms with Crippen molar-refractivity contribution in [2.45, 2.75) is 12.0 Å². The van der Waals surface area contributed by atoms with Crippen molar-refractivity contribution in [1.82, 2.24) is 24.1 Å². The predicted molar refractivity (Wildman–Crippen MR) is 254 cm³/mol. The number of hydrogen-bond acceptors (Lipinski definition) is 4. The van der Waals surface area contributed by atoms with Crippen molar-refractivity contribution in [2.24, 2.45) is 0 Å². The number of para-hydroxylation sites is 4. The Morgan fingerprint density at radius 3 is 1.70 bits per heavy atom. The molecule has 1 aliphatic heterocycles. The van der Waals surface area contributed by atoms with Gasteiger partial charge < -0.3 is 9.30 Å². The highest BCUT2D eigenvalue weighted by Crippen LogP contribution is 2.55. The first-order chi connectivity index (χ1) is 31.2. The van der Waals surface area contributed by atoms with E-state index in [1.165, 1.54) is 22.1 Å². The third-order valence-corrected chi connectivity index (χ3v) is 12.8. The van der Waals surface area contributed by atoms with E-state index in [0.717, 1.165) is 72.3 Å². The summed E-state index contributed by atoms with van der Waals surface area (Å²) in [5.41, 5.74) is 14.2. The average Bonchev–Trinajstić information content (AvgIpc) is 4.02. The molecule has 2 aliphatic rings. The summed E-state index contributed by atoms with van der Waals surface area (Å²) in [6.07, 6.45) is 4.36. The summed E-state index contributed by atoms with van der Waals surface area (Å²) in [7, 11) is 0. The van der Waals surface area contributed by atoms with Gasteiger partial charge in [-0.05, 0) is 64.7 Å². The monoisotopic (exact) mass is 807 g/mol. The number of ether oxygens (including phenoxy) is 1. The van der Waals surface area contributed by atoms with Gasteiger partial charge in [0.15, 0.2) is 11.6 Å². The van der Waals surface area contributed by atoms with Crippen LogP contribution in [-0.4, -0.2) is 24.1 Å². The van der Waals surface area contributed by atoms with E-state index in [2.05, 4.69) is 215 Å². The quantitative estimate of drug-likeness (QED) is 0.168. The molecule has 1 aliphatic carbocycles. The van der Waals surface area contributed by atoms with Crippen molar-refractivity contribution in [3.8, 4) is 62.4 Å². The summed E-state index contributed by atoms with van der Waals surface area (Å²) in [5.74, 6) is 2.51. The second-order valence-corrected chi connectivity index (χ2v) is 16.3. The molecule has 2 unspecified atom stereocenters. The van der Waals surface area contributed by atoms with Crippen molar-refractivity contribution in [3.63, 3.8) is 0 Å². The highest BCUT2D eigenvalue weighted by molar-refractivity contribution is 6.09. The average molecular weight is 808 g/mol. The number of benzene rings is 8. The summed E-state index contributed by atoms with van der Waals surface area (Å²) in [6, 6.07) is 70.3. The van der Waals surface area contributed by atoms with Crippen LogP contribution in [-0.2, 0) is 0 Å². The lowest BCUT2D eigenvalue weighted by Crippen LogP contribution is -2.13. The number of rotatable bonds is 6. The SMILES string of the molecule is C1=CC2c3cccc(-c4nc(-c5ccc(-c6ccccc6)cc5)nc(-n5c6ccccc6c6ccccc65)n4)c3OC2c2c1n(-c1cccc(-c3ccccc3)c1)c1ccccc21. The van der Waals surface area contributed by atoms with E-state index in [9.17, 15) is 0 Å². The molecular formula is C57H37N5O. The Morgan fingerprint density at radius 1 is 0.429 bits per heavy atom. The maximum Gasteiger partial charge on any atom is 0.238 e. The lowest BCUT2D eigenvalue weighted by Gasteiger charge is -2.22. The smallest absolute Gasteiger partial charge is 0.238 e. The van der Waals surface area contributed by atoms with E-state index >= 15 is 0 Å². The molecule has 0 spiro atoms. The topological polar surface area (TPSA) is 57.8 Å². The minimum absolute atomic E-state index is 0.00556. The van der Waals surface area contributed by atoms with Gasteiger partial charge >= 0.3 is 0 Å². The van der Waals surface area contributed by atoms with Gasteiger partial charge in [-0.3, -0.25) is 4.57 Å². The van der Waals surface area contributed by atoms with Crippen molar-refractivity contribution >= 4 is 38.8 Å². The van der Waals surface area contributed by atoms with Crippen LogP contribution < -0.4 is 4.74 Å². The highest BCUT2D eigenvalue weighted by atomic mass is 16.5. The highest BCUT2D eigenvalue weighted by Gasteiger charge is 2.41. The van der Waals surface area contributed by atoms with Crippen LogP contribution in [0.4, 0.5) is 0 Å². The van der Waals surface area contributed by atoms with Crippen LogP contribution in [0.5, 0.6) is 5.75 Å². The summed E-state index contributed by atoms with van der Waals surface area (Å²) >= 11 is 0. The maximum absolute atomic E-state index is 7.28. The molecule has 0 saturated heterocycles. The number of aromatic nitrogens is 5. The fraction of sp³-hybridized carbons (Fsp3) is 0.0351. The van der Waals surface area contributed by atoms with E-state index in [4.69, 9.17) is 19.7 Å². The van der Waals surface area contributed by atoms with E-state index in [0.29, 0.717) is 17.6 Å². The lowest BCUT2D eigenvalue weighted by atomic mass is 9.85. The summed E-state index contributed by atoms with van der Waals surface area (Å²) in [4.78, 5) is 15.9. The van der Waals surface area contributed by atoms with Gasteiger partial charge in [0.2, 0.25) is 5.95 Å². The van der Waals surface area contributed by atoms with Crippen LogP contribution in [0.15, 0.2) is 206 Å². The molecule has 63 heavy (non-hydrogen) atoms. The molecule has 0 amide bonds. The summed E-state index contributed by atoms with van der Waals surface area (Å²) in [5, 5.41) is 3.47.